The third kappa shape index (κ3) is 4.78. The molecule has 3 rings (SSSR count). The van der Waals surface area contributed by atoms with Crippen LogP contribution in [0.1, 0.15) is 49.4 Å². The molecule has 0 heterocycles. The predicted molar refractivity (Wildman–Crippen MR) is 119 cm³/mol. The molecule has 0 aromatic heterocycles. The monoisotopic (exact) mass is 430 g/mol. The first-order valence-corrected chi connectivity index (χ1v) is 12.1. The van der Waals surface area contributed by atoms with Gasteiger partial charge in [0.2, 0.25) is 15.9 Å². The van der Waals surface area contributed by atoms with Crippen LogP contribution in [0.4, 0.5) is 5.69 Å². The fraction of sp³-hybridized carbons (Fsp3) is 0.435. The number of ether oxygens (including phenoxy) is 1. The Balaban J connectivity index is 1.85. The van der Waals surface area contributed by atoms with E-state index in [2.05, 4.69) is 17.4 Å². The number of nitrogens with zero attached hydrogens (tertiary/aromatic N) is 1. The minimum Gasteiger partial charge on any atom is -0.497 e. The average molecular weight is 431 g/mol. The highest BCUT2D eigenvalue weighted by molar-refractivity contribution is 7.92. The minimum atomic E-state index is -3.69. The normalized spacial score (nSPS) is 15.2. The molecular formula is C23H30N2O4S. The summed E-state index contributed by atoms with van der Waals surface area (Å²) in [4.78, 5) is 13.2. The Morgan fingerprint density at radius 1 is 1.17 bits per heavy atom. The fourth-order valence-corrected chi connectivity index (χ4v) is 5.27. The van der Waals surface area contributed by atoms with Gasteiger partial charge in [-0.1, -0.05) is 31.2 Å². The topological polar surface area (TPSA) is 75.7 Å². The summed E-state index contributed by atoms with van der Waals surface area (Å²) >= 11 is 0. The molecule has 0 aliphatic heterocycles. The van der Waals surface area contributed by atoms with Crippen molar-refractivity contribution >= 4 is 21.6 Å². The van der Waals surface area contributed by atoms with Crippen molar-refractivity contribution in [3.63, 3.8) is 0 Å². The number of methoxy groups -OCH3 is 1. The lowest BCUT2D eigenvalue weighted by atomic mass is 10.0. The Morgan fingerprint density at radius 3 is 2.57 bits per heavy atom. The van der Waals surface area contributed by atoms with Crippen LogP contribution in [0.5, 0.6) is 5.75 Å². The van der Waals surface area contributed by atoms with E-state index < -0.39 is 16.1 Å². The third-order valence-electron chi connectivity index (χ3n) is 5.62. The second-order valence-electron chi connectivity index (χ2n) is 7.80. The van der Waals surface area contributed by atoms with Gasteiger partial charge in [-0.15, -0.1) is 0 Å². The van der Waals surface area contributed by atoms with Gasteiger partial charge in [0.05, 0.1) is 25.1 Å². The van der Waals surface area contributed by atoms with Gasteiger partial charge in [-0.25, -0.2) is 8.42 Å². The number of carbonyl (C=O) groups excluding carboxylic acids is 1. The summed E-state index contributed by atoms with van der Waals surface area (Å²) in [6.07, 6.45) is 4.80. The molecule has 1 aliphatic rings. The number of hydrogen-bond donors (Lipinski definition) is 1. The number of nitrogens with one attached hydrogen (secondary N) is 1. The first-order chi connectivity index (χ1) is 14.2. The van der Waals surface area contributed by atoms with E-state index in [9.17, 15) is 13.2 Å². The number of amides is 1. The molecule has 2 aromatic carbocycles. The molecule has 0 spiro atoms. The van der Waals surface area contributed by atoms with Crippen LogP contribution in [0, 0.1) is 0 Å². The van der Waals surface area contributed by atoms with Crippen LogP contribution in [-0.4, -0.2) is 33.7 Å². The first-order valence-electron chi connectivity index (χ1n) is 10.3. The summed E-state index contributed by atoms with van der Waals surface area (Å²) in [6, 6.07) is 12.0. The van der Waals surface area contributed by atoms with Gasteiger partial charge in [-0.2, -0.15) is 0 Å². The molecule has 0 saturated carbocycles. The molecule has 1 N–H and O–H groups in total. The molecule has 0 bridgehead atoms. The van der Waals surface area contributed by atoms with Crippen molar-refractivity contribution in [1.29, 1.82) is 0 Å². The van der Waals surface area contributed by atoms with E-state index in [-0.39, 0.29) is 11.9 Å². The van der Waals surface area contributed by atoms with Crippen molar-refractivity contribution in [2.45, 2.75) is 51.6 Å². The molecule has 30 heavy (non-hydrogen) atoms. The Hall–Kier alpha value is -2.54. The van der Waals surface area contributed by atoms with Crippen LogP contribution in [-0.2, 0) is 27.7 Å². The van der Waals surface area contributed by atoms with Gasteiger partial charge in [0, 0.05) is 6.07 Å². The lowest BCUT2D eigenvalue weighted by Crippen LogP contribution is -2.49. The van der Waals surface area contributed by atoms with E-state index in [1.54, 1.807) is 24.3 Å². The van der Waals surface area contributed by atoms with Gasteiger partial charge >= 0.3 is 0 Å². The SMILES string of the molecule is CC[C@@H](C(=O)N[C@H](C)c1ccc2c(c1)CCC2)N(c1cccc(OC)c1)S(C)(=O)=O. The quantitative estimate of drug-likeness (QED) is 0.694. The number of anilines is 1. The van der Waals surface area contributed by atoms with E-state index in [1.165, 1.54) is 29.0 Å². The first kappa shape index (κ1) is 22.2. The van der Waals surface area contributed by atoms with Crippen molar-refractivity contribution in [1.82, 2.24) is 5.32 Å². The van der Waals surface area contributed by atoms with E-state index >= 15 is 0 Å². The standard InChI is InChI=1S/C23H30N2O4S/c1-5-22(25(30(4,27)28)20-10-7-11-21(15-20)29-3)23(26)24-16(2)18-13-12-17-8-6-9-19(17)14-18/h7,10-16,22H,5-6,8-9H2,1-4H3,(H,24,26)/t16-,22+/m1/s1. The summed E-state index contributed by atoms with van der Waals surface area (Å²) in [5.41, 5.74) is 4.16. The van der Waals surface area contributed by atoms with Crippen molar-refractivity contribution in [3.8, 4) is 5.75 Å². The fourth-order valence-electron chi connectivity index (χ4n) is 4.06. The molecule has 0 fully saturated rings. The lowest BCUT2D eigenvalue weighted by Gasteiger charge is -2.31. The van der Waals surface area contributed by atoms with E-state index in [4.69, 9.17) is 4.74 Å². The summed E-state index contributed by atoms with van der Waals surface area (Å²) in [5, 5.41) is 3.01. The highest BCUT2D eigenvalue weighted by atomic mass is 32.2. The largest absolute Gasteiger partial charge is 0.497 e. The van der Waals surface area contributed by atoms with Gasteiger partial charge < -0.3 is 10.1 Å². The maximum atomic E-state index is 13.2. The van der Waals surface area contributed by atoms with Crippen LogP contribution in [0.3, 0.4) is 0 Å². The van der Waals surface area contributed by atoms with Gasteiger partial charge in [-0.3, -0.25) is 9.10 Å². The van der Waals surface area contributed by atoms with Gasteiger partial charge in [0.25, 0.3) is 0 Å². The zero-order valence-electron chi connectivity index (χ0n) is 18.0. The van der Waals surface area contributed by atoms with Crippen LogP contribution >= 0.6 is 0 Å². The van der Waals surface area contributed by atoms with Crippen LogP contribution in [0.25, 0.3) is 0 Å². The van der Waals surface area contributed by atoms with Gasteiger partial charge in [0.1, 0.15) is 11.8 Å². The molecule has 162 valence electrons. The van der Waals surface area contributed by atoms with Crippen molar-refractivity contribution in [3.05, 3.63) is 59.2 Å². The van der Waals surface area contributed by atoms with E-state index in [0.29, 0.717) is 17.9 Å². The Labute approximate surface area is 179 Å². The predicted octanol–water partition coefficient (Wildman–Crippen LogP) is 3.61. The number of carbonyl (C=O) groups is 1. The van der Waals surface area contributed by atoms with E-state index in [0.717, 1.165) is 24.7 Å². The second-order valence-corrected chi connectivity index (χ2v) is 9.66. The van der Waals surface area contributed by atoms with Gasteiger partial charge in [-0.05, 0) is 61.4 Å². The lowest BCUT2D eigenvalue weighted by molar-refractivity contribution is -0.122. The van der Waals surface area contributed by atoms with Crippen molar-refractivity contribution < 1.29 is 17.9 Å². The highest BCUT2D eigenvalue weighted by Crippen LogP contribution is 2.28. The molecule has 1 amide bonds. The minimum absolute atomic E-state index is 0.218. The highest BCUT2D eigenvalue weighted by Gasteiger charge is 2.32. The third-order valence-corrected chi connectivity index (χ3v) is 6.80. The Bertz CT molecular complexity index is 1020. The van der Waals surface area contributed by atoms with Crippen LogP contribution in [0.15, 0.2) is 42.5 Å². The summed E-state index contributed by atoms with van der Waals surface area (Å²) in [5.74, 6) is 0.210. The molecule has 0 radical (unpaired) electrons. The molecule has 2 atom stereocenters. The Morgan fingerprint density at radius 2 is 1.90 bits per heavy atom. The molecule has 0 saturated heterocycles. The maximum absolute atomic E-state index is 13.2. The molecular weight excluding hydrogens is 400 g/mol. The zero-order chi connectivity index (χ0) is 21.9. The number of hydrogen-bond acceptors (Lipinski definition) is 4. The number of aryl methyl sites for hydroxylation is 2. The maximum Gasteiger partial charge on any atom is 0.244 e. The smallest absolute Gasteiger partial charge is 0.244 e. The number of sulfonamides is 1. The van der Waals surface area contributed by atoms with E-state index in [1.807, 2.05) is 19.9 Å². The summed E-state index contributed by atoms with van der Waals surface area (Å²) in [7, 11) is -2.17. The second kappa shape index (κ2) is 9.08. The zero-order valence-corrected chi connectivity index (χ0v) is 18.8. The number of rotatable bonds is 8. The summed E-state index contributed by atoms with van der Waals surface area (Å²) in [6.45, 7) is 3.74. The molecule has 0 unspecified atom stereocenters. The molecule has 1 aliphatic carbocycles. The van der Waals surface area contributed by atoms with Crippen molar-refractivity contribution in [2.75, 3.05) is 17.7 Å². The van der Waals surface area contributed by atoms with Gasteiger partial charge in [0.15, 0.2) is 0 Å². The summed E-state index contributed by atoms with van der Waals surface area (Å²) < 4.78 is 31.7. The van der Waals surface area contributed by atoms with Crippen LogP contribution in [0.2, 0.25) is 0 Å². The molecule has 2 aromatic rings. The van der Waals surface area contributed by atoms with Crippen molar-refractivity contribution in [2.24, 2.45) is 0 Å². The Kier molecular flexibility index (Phi) is 6.71. The average Bonchev–Trinajstić information content (AvgIpc) is 3.18. The molecule has 7 heteroatoms. The van der Waals surface area contributed by atoms with Crippen LogP contribution < -0.4 is 14.4 Å². The number of fused-ring (bicyclic) bond motifs is 1. The number of benzene rings is 2. The molecule has 6 nitrogen and oxygen atoms in total.